The third-order valence-electron chi connectivity index (χ3n) is 5.27. The van der Waals surface area contributed by atoms with Crippen molar-refractivity contribution < 1.29 is 23.1 Å². The Hall–Kier alpha value is -3.88. The van der Waals surface area contributed by atoms with Crippen LogP contribution < -0.4 is 5.32 Å². The van der Waals surface area contributed by atoms with Crippen molar-refractivity contribution >= 4 is 63.0 Å². The molecule has 0 aliphatic heterocycles. The SMILES string of the molecule is CCOC(=O)c1ccc2oc(NC(=O)c3cc(Cl)c4nc(-c5c(F)cccc5Cl)[nH]c4c3)cc2c1. The van der Waals surface area contributed by atoms with Crippen molar-refractivity contribution in [2.45, 2.75) is 6.92 Å². The fourth-order valence-electron chi connectivity index (χ4n) is 3.68. The van der Waals surface area contributed by atoms with Gasteiger partial charge in [0.2, 0.25) is 5.88 Å². The topological polar surface area (TPSA) is 97.2 Å². The summed E-state index contributed by atoms with van der Waals surface area (Å²) in [6.07, 6.45) is 0. The normalized spacial score (nSPS) is 11.2. The Morgan fingerprint density at radius 1 is 1.09 bits per heavy atom. The van der Waals surface area contributed by atoms with E-state index in [2.05, 4.69) is 15.3 Å². The molecule has 5 rings (SSSR count). The lowest BCUT2D eigenvalue weighted by atomic mass is 10.1. The van der Waals surface area contributed by atoms with Crippen molar-refractivity contribution in [3.05, 3.63) is 81.6 Å². The number of ether oxygens (including phenoxy) is 1. The van der Waals surface area contributed by atoms with Crippen LogP contribution in [0, 0.1) is 5.82 Å². The van der Waals surface area contributed by atoms with Crippen molar-refractivity contribution in [1.29, 1.82) is 0 Å². The number of rotatable bonds is 5. The van der Waals surface area contributed by atoms with E-state index in [1.165, 1.54) is 18.2 Å². The molecule has 0 spiro atoms. The summed E-state index contributed by atoms with van der Waals surface area (Å²) in [4.78, 5) is 32.2. The summed E-state index contributed by atoms with van der Waals surface area (Å²) in [5.41, 5.74) is 2.00. The van der Waals surface area contributed by atoms with Crippen LogP contribution in [0.5, 0.6) is 0 Å². The minimum atomic E-state index is -0.540. The molecule has 0 unspecified atom stereocenters. The van der Waals surface area contributed by atoms with Crippen LogP contribution in [0.3, 0.4) is 0 Å². The standard InChI is InChI=1S/C25H16Cl2FN3O4/c1-2-34-25(33)12-6-7-19-13(8-12)11-20(35-19)30-24(32)14-9-16(27)22-18(10-14)29-23(31-22)21-15(26)4-3-5-17(21)28/h3-11H,2H2,1H3,(H,29,31)(H,30,32). The van der Waals surface area contributed by atoms with Crippen LogP contribution in [-0.4, -0.2) is 28.5 Å². The molecule has 5 aromatic rings. The van der Waals surface area contributed by atoms with E-state index in [-0.39, 0.29) is 39.5 Å². The summed E-state index contributed by atoms with van der Waals surface area (Å²) in [7, 11) is 0. The van der Waals surface area contributed by atoms with Crippen LogP contribution in [0.25, 0.3) is 33.4 Å². The molecule has 10 heteroatoms. The minimum absolute atomic E-state index is 0.108. The fourth-order valence-corrected chi connectivity index (χ4v) is 4.19. The summed E-state index contributed by atoms with van der Waals surface area (Å²) in [6.45, 7) is 1.99. The van der Waals surface area contributed by atoms with Crippen molar-refractivity contribution in [2.75, 3.05) is 11.9 Å². The van der Waals surface area contributed by atoms with Crippen LogP contribution in [-0.2, 0) is 4.74 Å². The van der Waals surface area contributed by atoms with E-state index >= 15 is 0 Å². The molecule has 0 saturated carbocycles. The maximum atomic E-state index is 14.3. The van der Waals surface area contributed by atoms with Gasteiger partial charge in [0.05, 0.1) is 33.3 Å². The molecule has 7 nitrogen and oxygen atoms in total. The Kier molecular flexibility index (Phi) is 5.92. The number of carbonyl (C=O) groups excluding carboxylic acids is 2. The molecule has 1 amide bonds. The number of carbonyl (C=O) groups is 2. The van der Waals surface area contributed by atoms with Gasteiger partial charge >= 0.3 is 5.97 Å². The van der Waals surface area contributed by atoms with Gasteiger partial charge in [-0.15, -0.1) is 0 Å². The summed E-state index contributed by atoms with van der Waals surface area (Å²) < 4.78 is 25.0. The van der Waals surface area contributed by atoms with Crippen LogP contribution in [0.15, 0.2) is 59.0 Å². The first kappa shape index (κ1) is 22.9. The minimum Gasteiger partial charge on any atom is -0.462 e. The number of esters is 1. The summed E-state index contributed by atoms with van der Waals surface area (Å²) in [6, 6.07) is 13.8. The number of aromatic nitrogens is 2. The number of anilines is 1. The van der Waals surface area contributed by atoms with Crippen molar-refractivity contribution in [1.82, 2.24) is 9.97 Å². The van der Waals surface area contributed by atoms with Gasteiger partial charge in [-0.1, -0.05) is 29.3 Å². The van der Waals surface area contributed by atoms with Gasteiger partial charge in [-0.2, -0.15) is 0 Å². The number of benzene rings is 3. The molecular weight excluding hydrogens is 496 g/mol. The summed E-state index contributed by atoms with van der Waals surface area (Å²) in [5.74, 6) is -1.09. The smallest absolute Gasteiger partial charge is 0.338 e. The lowest BCUT2D eigenvalue weighted by Crippen LogP contribution is -2.11. The number of furan rings is 1. The van der Waals surface area contributed by atoms with Gasteiger partial charge in [0, 0.05) is 17.0 Å². The third-order valence-corrected chi connectivity index (χ3v) is 5.87. The molecular formula is C25H16Cl2FN3O4. The Morgan fingerprint density at radius 2 is 1.91 bits per heavy atom. The fraction of sp³-hybridized carbons (Fsp3) is 0.0800. The zero-order valence-corrected chi connectivity index (χ0v) is 19.6. The predicted octanol–water partition coefficient (Wildman–Crippen LogP) is 6.85. The van der Waals surface area contributed by atoms with Gasteiger partial charge < -0.3 is 14.1 Å². The Labute approximate surface area is 207 Å². The molecule has 35 heavy (non-hydrogen) atoms. The highest BCUT2D eigenvalue weighted by Crippen LogP contribution is 2.33. The van der Waals surface area contributed by atoms with Gasteiger partial charge in [0.1, 0.15) is 22.7 Å². The third kappa shape index (κ3) is 4.34. The van der Waals surface area contributed by atoms with Crippen molar-refractivity contribution in [3.63, 3.8) is 0 Å². The monoisotopic (exact) mass is 511 g/mol. The molecule has 0 saturated heterocycles. The lowest BCUT2D eigenvalue weighted by molar-refractivity contribution is 0.0526. The van der Waals surface area contributed by atoms with E-state index in [9.17, 15) is 14.0 Å². The molecule has 3 aromatic carbocycles. The highest BCUT2D eigenvalue weighted by atomic mass is 35.5. The Bertz CT molecular complexity index is 1610. The van der Waals surface area contributed by atoms with Crippen molar-refractivity contribution in [3.8, 4) is 11.4 Å². The quantitative estimate of drug-likeness (QED) is 0.251. The van der Waals surface area contributed by atoms with E-state index < -0.39 is 17.7 Å². The van der Waals surface area contributed by atoms with Gasteiger partial charge in [-0.3, -0.25) is 10.1 Å². The highest BCUT2D eigenvalue weighted by Gasteiger charge is 2.18. The number of halogens is 3. The Morgan fingerprint density at radius 3 is 2.69 bits per heavy atom. The zero-order chi connectivity index (χ0) is 24.7. The number of aromatic amines is 1. The van der Waals surface area contributed by atoms with Gasteiger partial charge in [-0.05, 0) is 49.4 Å². The zero-order valence-electron chi connectivity index (χ0n) is 18.1. The lowest BCUT2D eigenvalue weighted by Gasteiger charge is -2.03. The van der Waals surface area contributed by atoms with Gasteiger partial charge in [-0.25, -0.2) is 14.2 Å². The number of fused-ring (bicyclic) bond motifs is 2. The van der Waals surface area contributed by atoms with E-state index in [1.807, 2.05) is 0 Å². The first-order valence-corrected chi connectivity index (χ1v) is 11.3. The number of H-pyrrole nitrogens is 1. The number of hydrogen-bond donors (Lipinski definition) is 2. The number of hydrogen-bond acceptors (Lipinski definition) is 5. The molecule has 2 heterocycles. The number of amides is 1. The van der Waals surface area contributed by atoms with Crippen LogP contribution in [0.4, 0.5) is 10.3 Å². The average molecular weight is 512 g/mol. The first-order chi connectivity index (χ1) is 16.8. The van der Waals surface area contributed by atoms with E-state index in [1.54, 1.807) is 43.3 Å². The van der Waals surface area contributed by atoms with Crippen LogP contribution in [0.2, 0.25) is 10.0 Å². The molecule has 176 valence electrons. The largest absolute Gasteiger partial charge is 0.462 e. The van der Waals surface area contributed by atoms with Crippen LogP contribution >= 0.6 is 23.2 Å². The average Bonchev–Trinajstić information content (AvgIpc) is 3.42. The summed E-state index contributed by atoms with van der Waals surface area (Å²) >= 11 is 12.5. The molecule has 2 N–H and O–H groups in total. The molecule has 0 fully saturated rings. The van der Waals surface area contributed by atoms with E-state index in [4.69, 9.17) is 32.4 Å². The molecule has 2 aromatic heterocycles. The first-order valence-electron chi connectivity index (χ1n) is 10.5. The second kappa shape index (κ2) is 9.05. The molecule has 0 radical (unpaired) electrons. The number of nitrogens with zero attached hydrogens (tertiary/aromatic N) is 1. The predicted molar refractivity (Wildman–Crippen MR) is 132 cm³/mol. The number of imidazole rings is 1. The van der Waals surface area contributed by atoms with Crippen molar-refractivity contribution in [2.24, 2.45) is 0 Å². The maximum Gasteiger partial charge on any atom is 0.338 e. The molecule has 0 aliphatic carbocycles. The second-order valence-electron chi connectivity index (χ2n) is 7.57. The van der Waals surface area contributed by atoms with Gasteiger partial charge in [0.15, 0.2) is 0 Å². The summed E-state index contributed by atoms with van der Waals surface area (Å²) in [5, 5.41) is 3.69. The number of nitrogens with one attached hydrogen (secondary N) is 2. The van der Waals surface area contributed by atoms with Crippen LogP contribution in [0.1, 0.15) is 27.6 Å². The van der Waals surface area contributed by atoms with Gasteiger partial charge in [0.25, 0.3) is 5.91 Å². The molecule has 0 aliphatic rings. The van der Waals surface area contributed by atoms with E-state index in [0.717, 1.165) is 0 Å². The maximum absolute atomic E-state index is 14.3. The second-order valence-corrected chi connectivity index (χ2v) is 8.39. The highest BCUT2D eigenvalue weighted by molar-refractivity contribution is 6.36. The Balaban J connectivity index is 1.44. The van der Waals surface area contributed by atoms with E-state index in [0.29, 0.717) is 27.6 Å². The molecule has 0 atom stereocenters. The molecule has 0 bridgehead atoms.